The molecule has 0 spiro atoms. The van der Waals surface area contributed by atoms with Crippen LogP contribution in [0.3, 0.4) is 0 Å². The third-order valence-corrected chi connectivity index (χ3v) is 22.5. The summed E-state index contributed by atoms with van der Waals surface area (Å²) < 4.78 is 3.83. The Kier molecular flexibility index (Phi) is 5.91. The van der Waals surface area contributed by atoms with E-state index in [1.807, 2.05) is 0 Å². The van der Waals surface area contributed by atoms with Crippen molar-refractivity contribution in [1.29, 1.82) is 0 Å². The second-order valence-electron chi connectivity index (χ2n) is 6.79. The van der Waals surface area contributed by atoms with Crippen molar-refractivity contribution in [2.45, 2.75) is 2.07 Å². The summed E-state index contributed by atoms with van der Waals surface area (Å²) in [6.07, 6.45) is 0. The van der Waals surface area contributed by atoms with Crippen LogP contribution in [0.2, 0.25) is 0 Å². The molecule has 28 heavy (non-hydrogen) atoms. The molecule has 0 fully saturated rings. The Morgan fingerprint density at radius 3 is 1.04 bits per heavy atom. The van der Waals surface area contributed by atoms with Crippen molar-refractivity contribution in [3.8, 4) is 0 Å². The monoisotopic (exact) mass is 552 g/mol. The summed E-state index contributed by atoms with van der Waals surface area (Å²) in [7, 11) is 0. The maximum atomic E-state index is 4.22. The van der Waals surface area contributed by atoms with Gasteiger partial charge in [0.25, 0.3) is 0 Å². The molecule has 4 rings (SSSR count). The van der Waals surface area contributed by atoms with E-state index in [0.29, 0.717) is 0 Å². The van der Waals surface area contributed by atoms with E-state index >= 15 is 0 Å². The van der Waals surface area contributed by atoms with Gasteiger partial charge in [-0.3, -0.25) is 0 Å². The van der Waals surface area contributed by atoms with Gasteiger partial charge >= 0.3 is 187 Å². The van der Waals surface area contributed by atoms with Gasteiger partial charge in [0.05, 0.1) is 0 Å². The molecule has 0 heterocycles. The van der Waals surface area contributed by atoms with Crippen molar-refractivity contribution < 1.29 is 0 Å². The Bertz CT molecular complexity index is 920. The summed E-state index contributed by atoms with van der Waals surface area (Å²) in [5, 5.41) is 0. The summed E-state index contributed by atoms with van der Waals surface area (Å²) >= 11 is 5.16. The van der Waals surface area contributed by atoms with Crippen LogP contribution >= 0.6 is 31.9 Å². The Balaban J connectivity index is 2.14. The van der Waals surface area contributed by atoms with Crippen LogP contribution < -0.4 is 13.2 Å². The molecule has 0 amide bonds. The summed E-state index contributed by atoms with van der Waals surface area (Å²) in [5.41, 5.74) is 1.24. The molecule has 0 aliphatic heterocycles. The fourth-order valence-corrected chi connectivity index (χ4v) is 21.6. The van der Waals surface area contributed by atoms with E-state index in [1.165, 1.54) is 18.8 Å². The first kappa shape index (κ1) is 19.7. The van der Waals surface area contributed by atoms with E-state index in [0.717, 1.165) is 0 Å². The van der Waals surface area contributed by atoms with E-state index in [2.05, 4.69) is 153 Å². The topological polar surface area (TPSA) is 0 Å². The van der Waals surface area contributed by atoms with Crippen molar-refractivity contribution in [3.63, 3.8) is 0 Å². The van der Waals surface area contributed by atoms with E-state index in [4.69, 9.17) is 0 Å². The third kappa shape index (κ3) is 3.32. The first-order valence-electron chi connectivity index (χ1n) is 9.27. The molecule has 0 saturated heterocycles. The van der Waals surface area contributed by atoms with Gasteiger partial charge in [0.15, 0.2) is 0 Å². The predicted molar refractivity (Wildman–Crippen MR) is 130 cm³/mol. The molecular formula is C25H20Br2Ge. The maximum absolute atomic E-state index is 4.22. The Hall–Kier alpha value is -1.62. The van der Waals surface area contributed by atoms with Gasteiger partial charge in [-0.1, -0.05) is 0 Å². The van der Waals surface area contributed by atoms with Gasteiger partial charge < -0.3 is 0 Å². The van der Waals surface area contributed by atoms with Gasteiger partial charge in [0.2, 0.25) is 0 Å². The summed E-state index contributed by atoms with van der Waals surface area (Å²) in [5.74, 6) is 0. The van der Waals surface area contributed by atoms with Gasteiger partial charge in [0, 0.05) is 0 Å². The molecule has 138 valence electrons. The zero-order valence-corrected chi connectivity index (χ0v) is 20.6. The fourth-order valence-electron chi connectivity index (χ4n) is 3.97. The molecule has 0 bridgehead atoms. The second kappa shape index (κ2) is 8.40. The number of benzene rings is 4. The van der Waals surface area contributed by atoms with Crippen molar-refractivity contribution in [3.05, 3.63) is 127 Å². The van der Waals surface area contributed by atoms with E-state index in [-0.39, 0.29) is 2.07 Å². The molecule has 0 saturated carbocycles. The zero-order chi connectivity index (χ0) is 19.5. The molecule has 0 aliphatic carbocycles. The van der Waals surface area contributed by atoms with Crippen LogP contribution in [-0.4, -0.2) is 13.3 Å². The molecule has 0 aromatic heterocycles. The van der Waals surface area contributed by atoms with Gasteiger partial charge in [0.1, 0.15) is 0 Å². The van der Waals surface area contributed by atoms with Crippen LogP contribution in [0, 0.1) is 0 Å². The number of hydrogen-bond donors (Lipinski definition) is 0. The summed E-state index contributed by atoms with van der Waals surface area (Å²) in [6, 6.07) is 43.7. The molecule has 0 unspecified atom stereocenters. The minimum atomic E-state index is -3.28. The fraction of sp³-hybridized carbons (Fsp3) is 0.0400. The average Bonchev–Trinajstić information content (AvgIpc) is 2.77. The normalized spacial score (nSPS) is 11.9. The first-order chi connectivity index (χ1) is 13.7. The van der Waals surface area contributed by atoms with Gasteiger partial charge in [-0.05, 0) is 0 Å². The van der Waals surface area contributed by atoms with Crippen LogP contribution in [0.5, 0.6) is 0 Å². The summed E-state index contributed by atoms with van der Waals surface area (Å²) in [6.45, 7) is 0. The number of rotatable bonds is 5. The van der Waals surface area contributed by atoms with E-state index in [9.17, 15) is 0 Å². The Morgan fingerprint density at radius 2 is 0.714 bits per heavy atom. The average molecular weight is 553 g/mol. The summed E-state index contributed by atoms with van der Waals surface area (Å²) in [4.78, 5) is 0. The van der Waals surface area contributed by atoms with Crippen molar-refractivity contribution in [2.75, 3.05) is 0 Å². The van der Waals surface area contributed by atoms with Crippen molar-refractivity contribution in [2.24, 2.45) is 0 Å². The van der Waals surface area contributed by atoms with Crippen LogP contribution in [0.25, 0.3) is 0 Å². The molecule has 3 heteroatoms. The molecule has 0 atom stereocenters. The third-order valence-electron chi connectivity index (χ3n) is 5.23. The van der Waals surface area contributed by atoms with Crippen LogP contribution in [0.1, 0.15) is 5.56 Å². The van der Waals surface area contributed by atoms with Crippen LogP contribution in [-0.2, 0) is 2.07 Å². The Morgan fingerprint density at radius 1 is 0.429 bits per heavy atom. The van der Waals surface area contributed by atoms with Gasteiger partial charge in [-0.25, -0.2) is 0 Å². The Labute approximate surface area is 186 Å². The second-order valence-corrected chi connectivity index (χ2v) is 21.7. The molecular weight excluding hydrogens is 533 g/mol. The first-order valence-corrected chi connectivity index (χ1v) is 15.1. The predicted octanol–water partition coefficient (Wildman–Crippen LogP) is 5.34. The molecule has 4 aromatic carbocycles. The van der Waals surface area contributed by atoms with Crippen LogP contribution in [0.15, 0.2) is 121 Å². The molecule has 4 aromatic rings. The molecule has 0 nitrogen and oxygen atoms in total. The van der Waals surface area contributed by atoms with Crippen molar-refractivity contribution in [1.82, 2.24) is 0 Å². The SMILES string of the molecule is Br[C](Br)(c1ccccc1)[Ge]([c]1ccccc1)([c]1ccccc1)[c]1ccccc1. The van der Waals surface area contributed by atoms with Crippen molar-refractivity contribution >= 4 is 58.3 Å². The van der Waals surface area contributed by atoms with E-state index < -0.39 is 13.3 Å². The van der Waals surface area contributed by atoms with Crippen LogP contribution in [0.4, 0.5) is 0 Å². The molecule has 0 N–H and O–H groups in total. The molecule has 0 aliphatic rings. The van der Waals surface area contributed by atoms with Gasteiger partial charge in [-0.15, -0.1) is 0 Å². The zero-order valence-electron chi connectivity index (χ0n) is 15.3. The van der Waals surface area contributed by atoms with E-state index in [1.54, 1.807) is 0 Å². The molecule has 0 radical (unpaired) electrons. The number of alkyl halides is 2. The van der Waals surface area contributed by atoms with Gasteiger partial charge in [-0.2, -0.15) is 0 Å². The number of halogens is 2. The minimum absolute atomic E-state index is 0.370. The number of hydrogen-bond acceptors (Lipinski definition) is 0. The quantitative estimate of drug-likeness (QED) is 0.232. The standard InChI is InChI=1S/C25H20Br2Ge/c26-25(27,21-13-5-1-6-14-21)28(22-15-7-2-8-16-22,23-17-9-3-10-18-23)24-19-11-4-12-20-24/h1-20H.